The van der Waals surface area contributed by atoms with Crippen LogP contribution in [0.25, 0.3) is 27.8 Å². The third kappa shape index (κ3) is 3.24. The van der Waals surface area contributed by atoms with Crippen LogP contribution in [0.4, 0.5) is 0 Å². The molecule has 4 aromatic rings. The molecular formula is C22H25N5O3. The highest BCUT2D eigenvalue weighted by Crippen LogP contribution is 2.35. The number of aryl methyl sites for hydroxylation is 1. The molecule has 0 amide bonds. The molecule has 8 nitrogen and oxygen atoms in total. The lowest BCUT2D eigenvalue weighted by molar-refractivity contribution is 0.343. The zero-order chi connectivity index (χ0) is 21.6. The van der Waals surface area contributed by atoms with Crippen molar-refractivity contribution < 1.29 is 14.6 Å². The zero-order valence-corrected chi connectivity index (χ0v) is 18.0. The summed E-state index contributed by atoms with van der Waals surface area (Å²) in [6, 6.07) is 3.76. The minimum atomic E-state index is -0.151. The molecule has 4 heterocycles. The van der Waals surface area contributed by atoms with Crippen LogP contribution >= 0.6 is 0 Å². The molecule has 0 fully saturated rings. The van der Waals surface area contributed by atoms with Gasteiger partial charge in [0.25, 0.3) is 5.88 Å². The maximum Gasteiger partial charge on any atom is 0.256 e. The van der Waals surface area contributed by atoms with Crippen molar-refractivity contribution in [3.8, 4) is 34.5 Å². The summed E-state index contributed by atoms with van der Waals surface area (Å²) in [7, 11) is 3.12. The number of nitrogens with zero attached hydrogens (tertiary/aromatic N) is 5. The standard InChI is InChI=1S/C22H25N5O3/c1-13-7-16(14-8-18(29-5)20(30-6)23-9-14)25-17-12-26(21(28)19(13)17)15-10-24-27(11-15)22(2,3)4/h7-12,28H,1-6H3. The normalized spacial score (nSPS) is 11.8. The van der Waals surface area contributed by atoms with E-state index in [4.69, 9.17) is 14.5 Å². The fourth-order valence-corrected chi connectivity index (χ4v) is 3.41. The van der Waals surface area contributed by atoms with E-state index < -0.39 is 0 Å². The Morgan fingerprint density at radius 2 is 1.80 bits per heavy atom. The summed E-state index contributed by atoms with van der Waals surface area (Å²) in [6.07, 6.45) is 7.16. The van der Waals surface area contributed by atoms with Crippen LogP contribution in [0.3, 0.4) is 0 Å². The Balaban J connectivity index is 1.83. The number of aromatic hydroxyl groups is 1. The Bertz CT molecular complexity index is 1230. The van der Waals surface area contributed by atoms with Gasteiger partial charge in [-0.05, 0) is 45.4 Å². The molecule has 0 saturated carbocycles. The van der Waals surface area contributed by atoms with Crippen LogP contribution in [0.1, 0.15) is 26.3 Å². The number of hydrogen-bond donors (Lipinski definition) is 1. The van der Waals surface area contributed by atoms with E-state index >= 15 is 0 Å². The molecule has 0 bridgehead atoms. The fraction of sp³-hybridized carbons (Fsp3) is 0.318. The van der Waals surface area contributed by atoms with E-state index in [1.165, 1.54) is 0 Å². The molecule has 4 aromatic heterocycles. The van der Waals surface area contributed by atoms with Gasteiger partial charge in [-0.2, -0.15) is 5.10 Å². The van der Waals surface area contributed by atoms with Crippen molar-refractivity contribution in [1.29, 1.82) is 0 Å². The number of methoxy groups -OCH3 is 2. The van der Waals surface area contributed by atoms with Gasteiger partial charge in [-0.3, -0.25) is 9.25 Å². The van der Waals surface area contributed by atoms with Crippen molar-refractivity contribution in [1.82, 2.24) is 24.3 Å². The molecule has 4 rings (SSSR count). The van der Waals surface area contributed by atoms with Crippen LogP contribution in [0.5, 0.6) is 17.5 Å². The summed E-state index contributed by atoms with van der Waals surface area (Å²) in [5.41, 5.74) is 3.74. The van der Waals surface area contributed by atoms with Gasteiger partial charge in [-0.25, -0.2) is 9.97 Å². The maximum atomic E-state index is 10.9. The van der Waals surface area contributed by atoms with Crippen molar-refractivity contribution in [3.63, 3.8) is 0 Å². The highest BCUT2D eigenvalue weighted by Gasteiger charge is 2.19. The summed E-state index contributed by atoms with van der Waals surface area (Å²) in [5.74, 6) is 1.09. The molecule has 0 aliphatic rings. The SMILES string of the molecule is COc1cc(-c2cc(C)c3c(O)n(-c4cnn(C(C)(C)C)c4)cc3n2)cnc1OC. The van der Waals surface area contributed by atoms with E-state index in [9.17, 15) is 5.11 Å². The van der Waals surface area contributed by atoms with Crippen LogP contribution in [-0.4, -0.2) is 43.6 Å². The first kappa shape index (κ1) is 19.8. The van der Waals surface area contributed by atoms with Gasteiger partial charge in [0.15, 0.2) is 5.75 Å². The second-order valence-electron chi connectivity index (χ2n) is 8.16. The highest BCUT2D eigenvalue weighted by atomic mass is 16.5. The van der Waals surface area contributed by atoms with Gasteiger partial charge in [0.2, 0.25) is 5.88 Å². The molecule has 0 aliphatic carbocycles. The van der Waals surface area contributed by atoms with Crippen molar-refractivity contribution >= 4 is 10.9 Å². The molecular weight excluding hydrogens is 382 g/mol. The van der Waals surface area contributed by atoms with Gasteiger partial charge in [0, 0.05) is 24.2 Å². The van der Waals surface area contributed by atoms with Crippen LogP contribution in [-0.2, 0) is 5.54 Å². The first-order valence-corrected chi connectivity index (χ1v) is 9.58. The highest BCUT2D eigenvalue weighted by molar-refractivity contribution is 5.90. The molecule has 0 aliphatic heterocycles. The van der Waals surface area contributed by atoms with Crippen LogP contribution in [0.15, 0.2) is 36.9 Å². The summed E-state index contributed by atoms with van der Waals surface area (Å²) in [4.78, 5) is 9.05. The number of hydrogen-bond acceptors (Lipinski definition) is 6. The average molecular weight is 407 g/mol. The Morgan fingerprint density at radius 1 is 1.03 bits per heavy atom. The van der Waals surface area contributed by atoms with E-state index in [1.807, 2.05) is 36.1 Å². The van der Waals surface area contributed by atoms with E-state index in [-0.39, 0.29) is 11.4 Å². The minimum absolute atomic E-state index is 0.139. The predicted octanol–water partition coefficient (Wildman–Crippen LogP) is 4.07. The molecule has 30 heavy (non-hydrogen) atoms. The van der Waals surface area contributed by atoms with Crippen molar-refractivity contribution in [2.45, 2.75) is 33.2 Å². The van der Waals surface area contributed by atoms with E-state index in [2.05, 4.69) is 30.9 Å². The Morgan fingerprint density at radius 3 is 2.43 bits per heavy atom. The molecule has 1 N–H and O–H groups in total. The molecule has 0 unspecified atom stereocenters. The second kappa shape index (κ2) is 7.05. The number of fused-ring (bicyclic) bond motifs is 1. The lowest BCUT2D eigenvalue weighted by Crippen LogP contribution is -2.21. The molecule has 0 aromatic carbocycles. The van der Waals surface area contributed by atoms with Crippen LogP contribution in [0.2, 0.25) is 0 Å². The Kier molecular flexibility index (Phi) is 4.64. The van der Waals surface area contributed by atoms with Gasteiger partial charge < -0.3 is 14.6 Å². The van der Waals surface area contributed by atoms with Gasteiger partial charge in [0.1, 0.15) is 0 Å². The molecule has 156 valence electrons. The lowest BCUT2D eigenvalue weighted by Gasteiger charge is -2.18. The van der Waals surface area contributed by atoms with Crippen molar-refractivity contribution in [3.05, 3.63) is 42.5 Å². The average Bonchev–Trinajstić information content (AvgIpc) is 3.32. The summed E-state index contributed by atoms with van der Waals surface area (Å²) >= 11 is 0. The monoisotopic (exact) mass is 407 g/mol. The van der Waals surface area contributed by atoms with Gasteiger partial charge >= 0.3 is 0 Å². The molecule has 0 spiro atoms. The largest absolute Gasteiger partial charge is 0.494 e. The first-order chi connectivity index (χ1) is 14.2. The van der Waals surface area contributed by atoms with Crippen molar-refractivity contribution in [2.24, 2.45) is 0 Å². The van der Waals surface area contributed by atoms with Gasteiger partial charge in [-0.15, -0.1) is 0 Å². The third-order valence-electron chi connectivity index (χ3n) is 5.01. The summed E-state index contributed by atoms with van der Waals surface area (Å²) in [5, 5.41) is 16.0. The first-order valence-electron chi connectivity index (χ1n) is 9.58. The summed E-state index contributed by atoms with van der Waals surface area (Å²) in [6.45, 7) is 8.17. The van der Waals surface area contributed by atoms with Crippen LogP contribution in [0, 0.1) is 6.92 Å². The third-order valence-corrected chi connectivity index (χ3v) is 5.01. The molecule has 0 saturated heterocycles. The quantitative estimate of drug-likeness (QED) is 0.549. The van der Waals surface area contributed by atoms with Gasteiger partial charge in [0.05, 0.1) is 48.2 Å². The van der Waals surface area contributed by atoms with E-state index in [0.717, 1.165) is 22.5 Å². The summed E-state index contributed by atoms with van der Waals surface area (Å²) < 4.78 is 14.1. The Labute approximate surface area is 174 Å². The van der Waals surface area contributed by atoms with Crippen LogP contribution < -0.4 is 9.47 Å². The molecule has 0 atom stereocenters. The number of ether oxygens (including phenoxy) is 2. The van der Waals surface area contributed by atoms with E-state index in [1.54, 1.807) is 31.2 Å². The number of aromatic nitrogens is 5. The second-order valence-corrected chi connectivity index (χ2v) is 8.16. The van der Waals surface area contributed by atoms with E-state index in [0.29, 0.717) is 22.5 Å². The van der Waals surface area contributed by atoms with Gasteiger partial charge in [-0.1, -0.05) is 0 Å². The predicted molar refractivity (Wildman–Crippen MR) is 115 cm³/mol. The lowest BCUT2D eigenvalue weighted by atomic mass is 10.1. The number of pyridine rings is 2. The minimum Gasteiger partial charge on any atom is -0.494 e. The molecule has 8 heteroatoms. The fourth-order valence-electron chi connectivity index (χ4n) is 3.41. The Hall–Kier alpha value is -3.55. The van der Waals surface area contributed by atoms with Crippen molar-refractivity contribution in [2.75, 3.05) is 14.2 Å². The smallest absolute Gasteiger partial charge is 0.256 e. The molecule has 0 radical (unpaired) electrons. The topological polar surface area (TPSA) is 87.2 Å². The maximum absolute atomic E-state index is 10.9. The number of rotatable bonds is 4. The zero-order valence-electron chi connectivity index (χ0n) is 18.0.